The zero-order valence-electron chi connectivity index (χ0n) is 20.0. The standard InChI is InChI=1S/C25H40N5OP/c1-6-29(24(31)19(2)3)14-9-22(32)8-7-20(4)15-21(16-27-5)23(26)30-17-25(18-30)10-12-28-13-11-25/h7-9,16,19,26,28H,4-6,10-15,17-18,32H2,1-3H3/b8-7-,21-16-,22-9+,26-23?. The maximum absolute atomic E-state index is 12.2. The van der Waals surface area contributed by atoms with Crippen LogP contribution in [0, 0.1) is 16.7 Å². The van der Waals surface area contributed by atoms with Crippen molar-refractivity contribution in [1.82, 2.24) is 15.1 Å². The minimum absolute atomic E-state index is 0.00157. The fourth-order valence-corrected chi connectivity index (χ4v) is 4.44. The first-order chi connectivity index (χ1) is 15.2. The Morgan fingerprint density at radius 3 is 2.53 bits per heavy atom. The number of likely N-dealkylation sites (N-methyl/N-ethyl adjacent to an activating group) is 1. The molecule has 0 aliphatic carbocycles. The van der Waals surface area contributed by atoms with Crippen LogP contribution in [0.4, 0.5) is 0 Å². The Balaban J connectivity index is 1.90. The summed E-state index contributed by atoms with van der Waals surface area (Å²) in [4.78, 5) is 20.1. The van der Waals surface area contributed by atoms with Gasteiger partial charge >= 0.3 is 0 Å². The molecule has 2 saturated heterocycles. The van der Waals surface area contributed by atoms with Crippen molar-refractivity contribution in [2.75, 3.05) is 39.3 Å². The summed E-state index contributed by atoms with van der Waals surface area (Å²) in [6, 6.07) is 0. The lowest BCUT2D eigenvalue weighted by Crippen LogP contribution is -2.61. The minimum atomic E-state index is 0.00157. The van der Waals surface area contributed by atoms with Gasteiger partial charge < -0.3 is 15.1 Å². The van der Waals surface area contributed by atoms with Crippen LogP contribution in [0.2, 0.25) is 0 Å². The molecule has 2 fully saturated rings. The molecule has 0 saturated carbocycles. The summed E-state index contributed by atoms with van der Waals surface area (Å²) in [5.74, 6) is 0.697. The number of hydrogen-bond donors (Lipinski definition) is 2. The van der Waals surface area contributed by atoms with Crippen LogP contribution >= 0.6 is 9.24 Å². The summed E-state index contributed by atoms with van der Waals surface area (Å²) < 4.78 is 0. The highest BCUT2D eigenvalue weighted by molar-refractivity contribution is 7.22. The quantitative estimate of drug-likeness (QED) is 0.225. The molecule has 0 radical (unpaired) electrons. The van der Waals surface area contributed by atoms with Gasteiger partial charge in [-0.1, -0.05) is 44.2 Å². The van der Waals surface area contributed by atoms with E-state index in [1.54, 1.807) is 6.20 Å². The first-order valence-corrected chi connectivity index (χ1v) is 12.1. The number of amides is 1. The fourth-order valence-electron chi connectivity index (χ4n) is 4.24. The first kappa shape index (κ1) is 26.2. The molecule has 7 heteroatoms. The van der Waals surface area contributed by atoms with E-state index in [9.17, 15) is 4.79 Å². The highest BCUT2D eigenvalue weighted by Gasteiger charge is 2.44. The number of carbonyl (C=O) groups is 1. The van der Waals surface area contributed by atoms with Gasteiger partial charge in [-0.15, -0.1) is 9.24 Å². The van der Waals surface area contributed by atoms with Crippen LogP contribution in [0.5, 0.6) is 0 Å². The molecular weight excluding hydrogens is 417 g/mol. The Kier molecular flexibility index (Phi) is 10.0. The maximum Gasteiger partial charge on any atom is 0.225 e. The van der Waals surface area contributed by atoms with Gasteiger partial charge in [-0.25, -0.2) is 0 Å². The molecule has 32 heavy (non-hydrogen) atoms. The summed E-state index contributed by atoms with van der Waals surface area (Å²) in [7, 11) is 2.71. The summed E-state index contributed by atoms with van der Waals surface area (Å²) in [6.07, 6.45) is 10.6. The van der Waals surface area contributed by atoms with Crippen LogP contribution in [0.1, 0.15) is 40.0 Å². The molecule has 2 N–H and O–H groups in total. The Morgan fingerprint density at radius 1 is 1.31 bits per heavy atom. The van der Waals surface area contributed by atoms with Gasteiger partial charge in [0.15, 0.2) is 0 Å². The molecule has 0 aromatic heterocycles. The lowest BCUT2D eigenvalue weighted by molar-refractivity contribution is -0.133. The number of allylic oxidation sites excluding steroid dienone is 4. The number of nitrogens with zero attached hydrogens (tertiary/aromatic N) is 3. The van der Waals surface area contributed by atoms with Gasteiger partial charge in [0.1, 0.15) is 5.84 Å². The molecule has 1 unspecified atom stereocenters. The minimum Gasteiger partial charge on any atom is -0.356 e. The SMILES string of the molecule is C=N/C=C(/CC(=C)/C=C\C(P)=C/CN(CC)C(=O)C(C)C)C(=N)N1CC2(CCNCC2)C1. The molecule has 2 rings (SSSR count). The molecule has 1 spiro atoms. The summed E-state index contributed by atoms with van der Waals surface area (Å²) in [6.45, 7) is 18.9. The van der Waals surface area contributed by atoms with E-state index in [0.29, 0.717) is 30.8 Å². The number of nitrogens with one attached hydrogen (secondary N) is 2. The Bertz CT molecular complexity index is 797. The largest absolute Gasteiger partial charge is 0.356 e. The predicted molar refractivity (Wildman–Crippen MR) is 139 cm³/mol. The van der Waals surface area contributed by atoms with Crippen molar-refractivity contribution < 1.29 is 4.79 Å². The van der Waals surface area contributed by atoms with Gasteiger partial charge in [-0.2, -0.15) is 0 Å². The molecule has 6 nitrogen and oxygen atoms in total. The Hall–Kier alpha value is -2.04. The number of likely N-dealkylation sites (tertiary alicyclic amines) is 1. The summed E-state index contributed by atoms with van der Waals surface area (Å²) in [5, 5.41) is 13.1. The molecule has 0 aromatic rings. The van der Waals surface area contributed by atoms with Gasteiger partial charge in [0.05, 0.1) is 0 Å². The third kappa shape index (κ3) is 7.25. The normalized spacial score (nSPS) is 18.7. The van der Waals surface area contributed by atoms with E-state index in [4.69, 9.17) is 5.41 Å². The van der Waals surface area contributed by atoms with Crippen LogP contribution in [-0.2, 0) is 4.79 Å². The average molecular weight is 458 g/mol. The monoisotopic (exact) mass is 457 g/mol. The van der Waals surface area contributed by atoms with Crippen LogP contribution in [0.15, 0.2) is 52.5 Å². The second-order valence-electron chi connectivity index (χ2n) is 9.20. The second-order valence-corrected chi connectivity index (χ2v) is 9.86. The van der Waals surface area contributed by atoms with E-state index < -0.39 is 0 Å². The number of rotatable bonds is 10. The van der Waals surface area contributed by atoms with Crippen LogP contribution < -0.4 is 5.32 Å². The lowest BCUT2D eigenvalue weighted by Gasteiger charge is -2.53. The zero-order valence-corrected chi connectivity index (χ0v) is 21.1. The van der Waals surface area contributed by atoms with E-state index in [2.05, 4.69) is 37.7 Å². The van der Waals surface area contributed by atoms with Gasteiger partial charge in [0.25, 0.3) is 0 Å². The fraction of sp³-hybridized carbons (Fsp3) is 0.560. The molecule has 1 atom stereocenters. The topological polar surface area (TPSA) is 71.8 Å². The van der Waals surface area contributed by atoms with Crippen molar-refractivity contribution in [1.29, 1.82) is 5.41 Å². The van der Waals surface area contributed by atoms with Crippen molar-refractivity contribution in [2.24, 2.45) is 16.3 Å². The first-order valence-electron chi connectivity index (χ1n) is 11.5. The number of piperidine rings is 1. The number of hydrogen-bond acceptors (Lipinski definition) is 4. The number of amidine groups is 1. The van der Waals surface area contributed by atoms with E-state index in [1.807, 2.05) is 43.9 Å². The molecule has 176 valence electrons. The molecule has 2 aliphatic rings. The van der Waals surface area contributed by atoms with Crippen LogP contribution in [0.25, 0.3) is 0 Å². The molecule has 0 aromatic carbocycles. The third-order valence-corrected chi connectivity index (χ3v) is 6.68. The molecule has 1 amide bonds. The van der Waals surface area contributed by atoms with Gasteiger partial charge in [-0.3, -0.25) is 15.2 Å². The van der Waals surface area contributed by atoms with E-state index in [1.165, 1.54) is 12.8 Å². The van der Waals surface area contributed by atoms with E-state index in [-0.39, 0.29) is 11.8 Å². The second kappa shape index (κ2) is 12.3. The zero-order chi connectivity index (χ0) is 23.7. The smallest absolute Gasteiger partial charge is 0.225 e. The molecule has 0 bridgehead atoms. The van der Waals surface area contributed by atoms with Crippen molar-refractivity contribution >= 4 is 27.7 Å². The van der Waals surface area contributed by atoms with Crippen molar-refractivity contribution in [3.05, 3.63) is 47.5 Å². The van der Waals surface area contributed by atoms with Gasteiger partial charge in [-0.05, 0) is 44.9 Å². The third-order valence-electron chi connectivity index (χ3n) is 6.25. The van der Waals surface area contributed by atoms with Gasteiger partial charge in [0, 0.05) is 55.7 Å². The summed E-state index contributed by atoms with van der Waals surface area (Å²) >= 11 is 0. The number of carbonyl (C=O) groups excluding carboxylic acids is 1. The molecule has 2 aliphatic heterocycles. The van der Waals surface area contributed by atoms with Crippen LogP contribution in [-0.4, -0.2) is 67.5 Å². The number of aliphatic imine (C=N–C) groups is 1. The Labute approximate surface area is 196 Å². The van der Waals surface area contributed by atoms with E-state index in [0.717, 1.165) is 42.6 Å². The highest BCUT2D eigenvalue weighted by Crippen LogP contribution is 2.39. The maximum atomic E-state index is 12.2. The predicted octanol–water partition coefficient (Wildman–Crippen LogP) is 4.00. The lowest BCUT2D eigenvalue weighted by atomic mass is 9.72. The van der Waals surface area contributed by atoms with Crippen molar-refractivity contribution in [2.45, 2.75) is 40.0 Å². The highest BCUT2D eigenvalue weighted by atomic mass is 31.0. The molecule has 2 heterocycles. The van der Waals surface area contributed by atoms with Crippen molar-refractivity contribution in [3.8, 4) is 0 Å². The van der Waals surface area contributed by atoms with Crippen molar-refractivity contribution in [3.63, 3.8) is 0 Å². The van der Waals surface area contributed by atoms with Crippen LogP contribution in [0.3, 0.4) is 0 Å². The molecular formula is C25H40N5OP. The van der Waals surface area contributed by atoms with E-state index >= 15 is 0 Å². The summed E-state index contributed by atoms with van der Waals surface area (Å²) in [5.41, 5.74) is 2.12. The average Bonchev–Trinajstić information content (AvgIpc) is 2.75. The Morgan fingerprint density at radius 2 is 1.97 bits per heavy atom. The van der Waals surface area contributed by atoms with Gasteiger partial charge in [0.2, 0.25) is 5.91 Å².